The van der Waals surface area contributed by atoms with Crippen molar-refractivity contribution in [3.8, 4) is 5.75 Å². The molecule has 0 unspecified atom stereocenters. The zero-order valence-corrected chi connectivity index (χ0v) is 16.4. The molecular formula is C20H23N5O4. The van der Waals surface area contributed by atoms with Gasteiger partial charge in [0.25, 0.3) is 5.56 Å². The Labute approximate surface area is 166 Å². The molecule has 0 spiro atoms. The fraction of sp³-hybridized carbons (Fsp3) is 0.400. The molecule has 0 aliphatic heterocycles. The molecule has 1 aliphatic rings. The Morgan fingerprint density at radius 2 is 1.86 bits per heavy atom. The lowest BCUT2D eigenvalue weighted by Gasteiger charge is -2.13. The number of hydrogen-bond acceptors (Lipinski definition) is 5. The third-order valence-corrected chi connectivity index (χ3v) is 5.25. The van der Waals surface area contributed by atoms with Crippen LogP contribution in [0.4, 0.5) is 5.69 Å². The first-order valence-corrected chi connectivity index (χ1v) is 9.61. The summed E-state index contributed by atoms with van der Waals surface area (Å²) in [5.74, 6) is 0.303. The molecule has 1 aromatic carbocycles. The minimum Gasteiger partial charge on any atom is -0.490 e. The molecule has 1 N–H and O–H groups in total. The van der Waals surface area contributed by atoms with Crippen molar-refractivity contribution in [2.45, 2.75) is 38.3 Å². The number of ether oxygens (including phenoxy) is 1. The summed E-state index contributed by atoms with van der Waals surface area (Å²) in [6, 6.07) is 7.10. The average molecular weight is 397 g/mol. The summed E-state index contributed by atoms with van der Waals surface area (Å²) in [5.41, 5.74) is 0.000744. The third-order valence-electron chi connectivity index (χ3n) is 5.25. The summed E-state index contributed by atoms with van der Waals surface area (Å²) in [4.78, 5) is 41.7. The number of nitrogens with one attached hydrogen (secondary N) is 1. The molecular weight excluding hydrogens is 374 g/mol. The molecule has 2 heterocycles. The van der Waals surface area contributed by atoms with Crippen LogP contribution in [0, 0.1) is 0 Å². The van der Waals surface area contributed by atoms with Gasteiger partial charge in [0.2, 0.25) is 5.91 Å². The summed E-state index contributed by atoms with van der Waals surface area (Å²) in [6.07, 6.45) is 6.27. The van der Waals surface area contributed by atoms with E-state index < -0.39 is 17.2 Å². The topological polar surface area (TPSA) is 100 Å². The molecule has 152 valence electrons. The van der Waals surface area contributed by atoms with Crippen molar-refractivity contribution in [1.29, 1.82) is 0 Å². The number of fused-ring (bicyclic) bond motifs is 1. The van der Waals surface area contributed by atoms with Gasteiger partial charge in [0.15, 0.2) is 11.2 Å². The van der Waals surface area contributed by atoms with E-state index >= 15 is 0 Å². The summed E-state index contributed by atoms with van der Waals surface area (Å²) in [7, 11) is 3.19. The SMILES string of the molecule is Cn1cnc2c1c(=O)n(CC(=O)Nc1ccc(OC3CCCC3)cc1)c(=O)n2C. The van der Waals surface area contributed by atoms with Crippen LogP contribution in [0.5, 0.6) is 5.75 Å². The van der Waals surface area contributed by atoms with Gasteiger partial charge in [0.05, 0.1) is 12.4 Å². The number of rotatable bonds is 5. The molecule has 0 bridgehead atoms. The van der Waals surface area contributed by atoms with E-state index in [1.165, 1.54) is 35.4 Å². The lowest BCUT2D eigenvalue weighted by Crippen LogP contribution is -2.42. The second-order valence-electron chi connectivity index (χ2n) is 7.36. The summed E-state index contributed by atoms with van der Waals surface area (Å²) in [6.45, 7) is -0.382. The molecule has 9 heteroatoms. The van der Waals surface area contributed by atoms with Crippen LogP contribution in [0.3, 0.4) is 0 Å². The van der Waals surface area contributed by atoms with Crippen LogP contribution in [0.2, 0.25) is 0 Å². The van der Waals surface area contributed by atoms with Gasteiger partial charge in [-0.2, -0.15) is 0 Å². The summed E-state index contributed by atoms with van der Waals surface area (Å²) < 4.78 is 9.62. The Morgan fingerprint density at radius 3 is 2.55 bits per heavy atom. The number of aryl methyl sites for hydroxylation is 2. The van der Waals surface area contributed by atoms with E-state index in [0.29, 0.717) is 5.69 Å². The number of anilines is 1. The first-order valence-electron chi connectivity index (χ1n) is 9.61. The quantitative estimate of drug-likeness (QED) is 0.701. The normalized spacial score (nSPS) is 14.4. The van der Waals surface area contributed by atoms with Gasteiger partial charge in [-0.1, -0.05) is 0 Å². The second-order valence-corrected chi connectivity index (χ2v) is 7.36. The van der Waals surface area contributed by atoms with Crippen molar-refractivity contribution in [2.75, 3.05) is 5.32 Å². The standard InChI is InChI=1S/C20H23N5O4/c1-23-12-21-18-17(23)19(27)25(20(28)24(18)2)11-16(26)22-13-7-9-15(10-8-13)29-14-5-3-4-6-14/h7-10,12,14H,3-6,11H2,1-2H3,(H,22,26). The number of amides is 1. The lowest BCUT2D eigenvalue weighted by atomic mass is 10.2. The van der Waals surface area contributed by atoms with Crippen molar-refractivity contribution in [3.05, 3.63) is 51.4 Å². The van der Waals surface area contributed by atoms with E-state index in [1.807, 2.05) is 0 Å². The summed E-state index contributed by atoms with van der Waals surface area (Å²) in [5, 5.41) is 2.72. The highest BCUT2D eigenvalue weighted by atomic mass is 16.5. The highest BCUT2D eigenvalue weighted by molar-refractivity contribution is 5.90. The average Bonchev–Trinajstić information content (AvgIpc) is 3.35. The van der Waals surface area contributed by atoms with Gasteiger partial charge in [-0.05, 0) is 49.9 Å². The van der Waals surface area contributed by atoms with Crippen LogP contribution < -0.4 is 21.3 Å². The molecule has 0 radical (unpaired) electrons. The minimum atomic E-state index is -0.586. The summed E-state index contributed by atoms with van der Waals surface area (Å²) >= 11 is 0. The van der Waals surface area contributed by atoms with Gasteiger partial charge in [-0.15, -0.1) is 0 Å². The Morgan fingerprint density at radius 1 is 1.17 bits per heavy atom. The molecule has 2 aromatic heterocycles. The smallest absolute Gasteiger partial charge is 0.332 e. The Hall–Kier alpha value is -3.36. The van der Waals surface area contributed by atoms with Crippen LogP contribution in [0.15, 0.2) is 40.2 Å². The van der Waals surface area contributed by atoms with Crippen molar-refractivity contribution in [1.82, 2.24) is 18.7 Å². The zero-order valence-electron chi connectivity index (χ0n) is 16.4. The highest BCUT2D eigenvalue weighted by Gasteiger charge is 2.18. The Kier molecular flexibility index (Phi) is 4.96. The Balaban J connectivity index is 1.49. The predicted octanol–water partition coefficient (Wildman–Crippen LogP) is 1.39. The first kappa shape index (κ1) is 19.0. The van der Waals surface area contributed by atoms with E-state index in [1.54, 1.807) is 31.3 Å². The monoisotopic (exact) mass is 397 g/mol. The molecule has 4 rings (SSSR count). The molecule has 0 saturated heterocycles. The van der Waals surface area contributed by atoms with Gasteiger partial charge in [0.1, 0.15) is 12.3 Å². The molecule has 9 nitrogen and oxygen atoms in total. The van der Waals surface area contributed by atoms with Crippen molar-refractivity contribution >= 4 is 22.8 Å². The van der Waals surface area contributed by atoms with Crippen molar-refractivity contribution < 1.29 is 9.53 Å². The number of benzene rings is 1. The maximum Gasteiger partial charge on any atom is 0.332 e. The van der Waals surface area contributed by atoms with Gasteiger partial charge in [0, 0.05) is 19.8 Å². The number of nitrogens with zero attached hydrogens (tertiary/aromatic N) is 4. The largest absolute Gasteiger partial charge is 0.490 e. The number of imidazole rings is 1. The minimum absolute atomic E-state index is 0.264. The fourth-order valence-corrected chi connectivity index (χ4v) is 3.70. The molecule has 1 saturated carbocycles. The van der Waals surface area contributed by atoms with Gasteiger partial charge in [-0.25, -0.2) is 14.3 Å². The second kappa shape index (κ2) is 7.57. The van der Waals surface area contributed by atoms with Gasteiger partial charge < -0.3 is 14.6 Å². The molecule has 1 aliphatic carbocycles. The molecule has 1 amide bonds. The Bertz CT molecular complexity index is 1170. The van der Waals surface area contributed by atoms with Crippen LogP contribution in [0.1, 0.15) is 25.7 Å². The maximum absolute atomic E-state index is 12.7. The fourth-order valence-electron chi connectivity index (χ4n) is 3.70. The van der Waals surface area contributed by atoms with E-state index in [9.17, 15) is 14.4 Å². The maximum atomic E-state index is 12.7. The number of hydrogen-bond donors (Lipinski definition) is 1. The van der Waals surface area contributed by atoms with Crippen LogP contribution >= 0.6 is 0 Å². The lowest BCUT2D eigenvalue weighted by molar-refractivity contribution is -0.116. The van der Waals surface area contributed by atoms with Crippen molar-refractivity contribution in [2.24, 2.45) is 14.1 Å². The zero-order chi connectivity index (χ0) is 20.5. The van der Waals surface area contributed by atoms with E-state index in [0.717, 1.165) is 23.2 Å². The molecule has 0 atom stereocenters. The van der Waals surface area contributed by atoms with Gasteiger partial charge in [-0.3, -0.25) is 14.2 Å². The van der Waals surface area contributed by atoms with E-state index in [-0.39, 0.29) is 23.8 Å². The van der Waals surface area contributed by atoms with E-state index in [2.05, 4.69) is 10.3 Å². The number of carbonyl (C=O) groups excluding carboxylic acids is 1. The number of aromatic nitrogens is 4. The molecule has 3 aromatic rings. The third kappa shape index (κ3) is 3.67. The molecule has 1 fully saturated rings. The van der Waals surface area contributed by atoms with E-state index in [4.69, 9.17) is 4.74 Å². The van der Waals surface area contributed by atoms with Crippen molar-refractivity contribution in [3.63, 3.8) is 0 Å². The number of carbonyl (C=O) groups is 1. The van der Waals surface area contributed by atoms with Gasteiger partial charge >= 0.3 is 5.69 Å². The molecule has 29 heavy (non-hydrogen) atoms. The first-order chi connectivity index (χ1) is 13.9. The van der Waals surface area contributed by atoms with Crippen LogP contribution in [-0.2, 0) is 25.4 Å². The predicted molar refractivity (Wildman–Crippen MR) is 108 cm³/mol. The highest BCUT2D eigenvalue weighted by Crippen LogP contribution is 2.25. The van der Waals surface area contributed by atoms with Crippen LogP contribution in [0.25, 0.3) is 11.2 Å². The van der Waals surface area contributed by atoms with Crippen LogP contribution in [-0.4, -0.2) is 30.7 Å².